The molecular formula is C17H28N2O2. The minimum absolute atomic E-state index is 0.218. The summed E-state index contributed by atoms with van der Waals surface area (Å²) in [5.41, 5.74) is 3.87. The van der Waals surface area contributed by atoms with Crippen LogP contribution in [0.4, 0.5) is 5.69 Å². The van der Waals surface area contributed by atoms with Gasteiger partial charge in [-0.25, -0.2) is 0 Å². The molecule has 0 bridgehead atoms. The number of hydrogen-bond acceptors (Lipinski definition) is 4. The van der Waals surface area contributed by atoms with Gasteiger partial charge in [-0.3, -0.25) is 0 Å². The number of anilines is 1. The van der Waals surface area contributed by atoms with E-state index >= 15 is 0 Å². The molecule has 1 aliphatic rings. The predicted molar refractivity (Wildman–Crippen MR) is 86.8 cm³/mol. The fourth-order valence-corrected chi connectivity index (χ4v) is 2.78. The zero-order valence-electron chi connectivity index (χ0n) is 13.3. The Morgan fingerprint density at radius 2 is 2.19 bits per heavy atom. The number of hydrogen-bond donors (Lipinski definition) is 2. The maximum absolute atomic E-state index is 9.29. The third kappa shape index (κ3) is 4.43. The summed E-state index contributed by atoms with van der Waals surface area (Å²) in [5, 5.41) is 12.7. The van der Waals surface area contributed by atoms with Gasteiger partial charge < -0.3 is 20.1 Å². The lowest BCUT2D eigenvalue weighted by Crippen LogP contribution is -2.42. The number of nitrogens with zero attached hydrogens (tertiary/aromatic N) is 1. The molecule has 1 aliphatic carbocycles. The van der Waals surface area contributed by atoms with E-state index in [9.17, 15) is 5.11 Å². The molecule has 0 heterocycles. The molecule has 118 valence electrons. The van der Waals surface area contributed by atoms with Crippen molar-refractivity contribution >= 4 is 5.69 Å². The lowest BCUT2D eigenvalue weighted by Gasteiger charge is -2.39. The van der Waals surface area contributed by atoms with Crippen LogP contribution in [0, 0.1) is 6.92 Å². The molecule has 0 unspecified atom stereocenters. The van der Waals surface area contributed by atoms with Gasteiger partial charge in [0.05, 0.1) is 13.2 Å². The minimum atomic E-state index is 0.218. The monoisotopic (exact) mass is 292 g/mol. The minimum Gasteiger partial charge on any atom is -0.395 e. The average Bonchev–Trinajstić information content (AvgIpc) is 2.42. The molecule has 1 fully saturated rings. The van der Waals surface area contributed by atoms with Gasteiger partial charge in [0, 0.05) is 38.5 Å². The van der Waals surface area contributed by atoms with E-state index in [0.29, 0.717) is 6.04 Å². The van der Waals surface area contributed by atoms with Crippen molar-refractivity contribution in [2.45, 2.75) is 38.8 Å². The smallest absolute Gasteiger partial charge is 0.0606 e. The van der Waals surface area contributed by atoms with Crippen LogP contribution in [0.5, 0.6) is 0 Å². The molecule has 2 N–H and O–H groups in total. The maximum Gasteiger partial charge on any atom is 0.0606 e. The van der Waals surface area contributed by atoms with E-state index in [4.69, 9.17) is 4.74 Å². The lowest BCUT2D eigenvalue weighted by atomic mass is 9.90. The summed E-state index contributed by atoms with van der Waals surface area (Å²) < 4.78 is 5.04. The molecule has 4 heteroatoms. The summed E-state index contributed by atoms with van der Waals surface area (Å²) in [6.07, 6.45) is 3.81. The van der Waals surface area contributed by atoms with E-state index in [-0.39, 0.29) is 6.61 Å². The van der Waals surface area contributed by atoms with Crippen LogP contribution in [-0.4, -0.2) is 44.6 Å². The van der Waals surface area contributed by atoms with Gasteiger partial charge in [0.2, 0.25) is 0 Å². The molecule has 21 heavy (non-hydrogen) atoms. The Morgan fingerprint density at radius 3 is 2.76 bits per heavy atom. The molecule has 0 saturated heterocycles. The Bertz CT molecular complexity index is 433. The molecule has 0 aromatic heterocycles. The number of nitrogens with one attached hydrogen (secondary N) is 1. The molecule has 1 aromatic rings. The summed E-state index contributed by atoms with van der Waals surface area (Å²) in [6.45, 7) is 5.60. The van der Waals surface area contributed by atoms with Gasteiger partial charge in [0.1, 0.15) is 0 Å². The van der Waals surface area contributed by atoms with Crippen LogP contribution in [0.1, 0.15) is 30.4 Å². The van der Waals surface area contributed by atoms with E-state index in [1.165, 1.54) is 36.1 Å². The molecule has 0 radical (unpaired) electrons. The summed E-state index contributed by atoms with van der Waals surface area (Å²) in [4.78, 5) is 2.36. The number of rotatable bonds is 9. The van der Waals surface area contributed by atoms with E-state index in [1.54, 1.807) is 7.11 Å². The molecular weight excluding hydrogens is 264 g/mol. The van der Waals surface area contributed by atoms with E-state index in [0.717, 1.165) is 26.2 Å². The third-order valence-electron chi connectivity index (χ3n) is 4.31. The highest BCUT2D eigenvalue weighted by Crippen LogP contribution is 2.30. The third-order valence-corrected chi connectivity index (χ3v) is 4.31. The van der Waals surface area contributed by atoms with E-state index in [2.05, 4.69) is 35.3 Å². The van der Waals surface area contributed by atoms with Gasteiger partial charge in [-0.15, -0.1) is 0 Å². The van der Waals surface area contributed by atoms with Crippen molar-refractivity contribution in [3.05, 3.63) is 29.3 Å². The van der Waals surface area contributed by atoms with Crippen molar-refractivity contribution in [2.75, 3.05) is 38.3 Å². The van der Waals surface area contributed by atoms with Crippen LogP contribution in [0.15, 0.2) is 18.2 Å². The second-order valence-corrected chi connectivity index (χ2v) is 5.78. The van der Waals surface area contributed by atoms with Crippen LogP contribution in [0.3, 0.4) is 0 Å². The van der Waals surface area contributed by atoms with E-state index < -0.39 is 0 Å². The number of methoxy groups -OCH3 is 1. The Kier molecular flexibility index (Phi) is 6.49. The van der Waals surface area contributed by atoms with Crippen molar-refractivity contribution in [2.24, 2.45) is 0 Å². The Labute approximate surface area is 128 Å². The molecule has 1 aromatic carbocycles. The van der Waals surface area contributed by atoms with Crippen molar-refractivity contribution in [3.63, 3.8) is 0 Å². The molecule has 2 rings (SSSR count). The number of ether oxygens (including phenoxy) is 1. The first kappa shape index (κ1) is 16.3. The zero-order valence-corrected chi connectivity index (χ0v) is 13.3. The Hall–Kier alpha value is -1.10. The second kappa shape index (κ2) is 8.37. The first-order valence-corrected chi connectivity index (χ1v) is 7.93. The molecule has 0 spiro atoms. The molecule has 0 atom stereocenters. The van der Waals surface area contributed by atoms with Gasteiger partial charge in [-0.05, 0) is 49.4 Å². The quantitative estimate of drug-likeness (QED) is 0.684. The highest BCUT2D eigenvalue weighted by Gasteiger charge is 2.24. The van der Waals surface area contributed by atoms with Gasteiger partial charge in [-0.1, -0.05) is 6.07 Å². The summed E-state index contributed by atoms with van der Waals surface area (Å²) in [5.74, 6) is 0. The highest BCUT2D eigenvalue weighted by atomic mass is 16.5. The fourth-order valence-electron chi connectivity index (χ4n) is 2.78. The van der Waals surface area contributed by atoms with Crippen LogP contribution in [0.2, 0.25) is 0 Å². The molecule has 0 aliphatic heterocycles. The fraction of sp³-hybridized carbons (Fsp3) is 0.647. The van der Waals surface area contributed by atoms with E-state index in [1.807, 2.05) is 0 Å². The SMILES string of the molecule is COCCNCc1ccc(N(CCO)C2CCC2)cc1C. The average molecular weight is 292 g/mol. The first-order chi connectivity index (χ1) is 10.3. The standard InChI is InChI=1S/C17H28N2O2/c1-14-12-17(19(9-10-20)16-4-3-5-16)7-6-15(14)13-18-8-11-21-2/h6-7,12,16,18,20H,3-5,8-11,13H2,1-2H3. The van der Waals surface area contributed by atoms with Gasteiger partial charge >= 0.3 is 0 Å². The summed E-state index contributed by atoms with van der Waals surface area (Å²) >= 11 is 0. The lowest BCUT2D eigenvalue weighted by molar-refractivity contribution is 0.199. The van der Waals surface area contributed by atoms with Crippen LogP contribution in [-0.2, 0) is 11.3 Å². The number of aliphatic hydroxyl groups is 1. The second-order valence-electron chi connectivity index (χ2n) is 5.78. The number of benzene rings is 1. The first-order valence-electron chi connectivity index (χ1n) is 7.93. The van der Waals surface area contributed by atoms with Crippen molar-refractivity contribution in [3.8, 4) is 0 Å². The summed E-state index contributed by atoms with van der Waals surface area (Å²) in [6, 6.07) is 7.26. The Morgan fingerprint density at radius 1 is 1.38 bits per heavy atom. The van der Waals surface area contributed by atoms with Gasteiger partial charge in [0.25, 0.3) is 0 Å². The van der Waals surface area contributed by atoms with Crippen LogP contribution < -0.4 is 10.2 Å². The largest absolute Gasteiger partial charge is 0.395 e. The summed E-state index contributed by atoms with van der Waals surface area (Å²) in [7, 11) is 1.72. The molecule has 0 amide bonds. The van der Waals surface area contributed by atoms with Crippen LogP contribution in [0.25, 0.3) is 0 Å². The van der Waals surface area contributed by atoms with Gasteiger partial charge in [-0.2, -0.15) is 0 Å². The number of aliphatic hydroxyl groups excluding tert-OH is 1. The van der Waals surface area contributed by atoms with Crippen molar-refractivity contribution in [1.82, 2.24) is 5.32 Å². The van der Waals surface area contributed by atoms with Gasteiger partial charge in [0.15, 0.2) is 0 Å². The number of aryl methyl sites for hydroxylation is 1. The molecule has 1 saturated carbocycles. The maximum atomic E-state index is 9.29. The Balaban J connectivity index is 1.99. The van der Waals surface area contributed by atoms with Crippen molar-refractivity contribution < 1.29 is 9.84 Å². The highest BCUT2D eigenvalue weighted by molar-refractivity contribution is 5.52. The normalized spacial score (nSPS) is 15.0. The zero-order chi connectivity index (χ0) is 15.1. The topological polar surface area (TPSA) is 44.7 Å². The predicted octanol–water partition coefficient (Wildman–Crippen LogP) is 2.08. The molecule has 4 nitrogen and oxygen atoms in total. The van der Waals surface area contributed by atoms with Crippen LogP contribution >= 0.6 is 0 Å². The van der Waals surface area contributed by atoms with Crippen molar-refractivity contribution in [1.29, 1.82) is 0 Å².